The van der Waals surface area contributed by atoms with Gasteiger partial charge < -0.3 is 15.4 Å². The Kier molecular flexibility index (Phi) is 3.89. The van der Waals surface area contributed by atoms with Crippen LogP contribution in [0.15, 0.2) is 12.4 Å². The molecular weight excluding hydrogens is 278 g/mol. The minimum atomic E-state index is -0.994. The predicted octanol–water partition coefficient (Wildman–Crippen LogP) is 2.28. The first kappa shape index (κ1) is 14.3. The van der Waals surface area contributed by atoms with Gasteiger partial charge in [-0.1, -0.05) is 0 Å². The van der Waals surface area contributed by atoms with Crippen LogP contribution in [0.2, 0.25) is 0 Å². The molecule has 0 spiro atoms. The van der Waals surface area contributed by atoms with Crippen molar-refractivity contribution >= 4 is 23.2 Å². The molecule has 0 fully saturated rings. The van der Waals surface area contributed by atoms with Crippen molar-refractivity contribution in [1.82, 2.24) is 15.3 Å². The van der Waals surface area contributed by atoms with Gasteiger partial charge >= 0.3 is 5.97 Å². The van der Waals surface area contributed by atoms with Crippen LogP contribution < -0.4 is 5.32 Å². The van der Waals surface area contributed by atoms with Crippen LogP contribution in [0.3, 0.4) is 0 Å². The number of hydrogen-bond acceptors (Lipinski definition) is 4. The highest BCUT2D eigenvalue weighted by Gasteiger charge is 2.20. The maximum atomic E-state index is 12.1. The summed E-state index contributed by atoms with van der Waals surface area (Å²) in [5.74, 6) is -1.20. The Morgan fingerprint density at radius 1 is 1.40 bits per heavy atom. The van der Waals surface area contributed by atoms with Crippen molar-refractivity contribution in [3.63, 3.8) is 0 Å². The van der Waals surface area contributed by atoms with E-state index in [1.165, 1.54) is 0 Å². The van der Waals surface area contributed by atoms with E-state index in [2.05, 4.69) is 15.3 Å². The highest BCUT2D eigenvalue weighted by molar-refractivity contribution is 7.13. The van der Waals surface area contributed by atoms with Crippen molar-refractivity contribution in [3.05, 3.63) is 39.1 Å². The van der Waals surface area contributed by atoms with Crippen LogP contribution >= 0.6 is 11.3 Å². The number of amides is 1. The van der Waals surface area contributed by atoms with Gasteiger partial charge in [0.2, 0.25) is 0 Å². The first-order chi connectivity index (χ1) is 9.40. The predicted molar refractivity (Wildman–Crippen MR) is 75.2 cm³/mol. The zero-order valence-electron chi connectivity index (χ0n) is 11.4. The first-order valence-corrected chi connectivity index (χ1v) is 6.86. The number of rotatable bonds is 4. The molecule has 6 nitrogen and oxygen atoms in total. The number of carbonyl (C=O) groups is 2. The summed E-state index contributed by atoms with van der Waals surface area (Å²) in [6.45, 7) is 5.27. The fourth-order valence-electron chi connectivity index (χ4n) is 1.82. The molecule has 0 bridgehead atoms. The number of carbonyl (C=O) groups excluding carboxylic acids is 1. The van der Waals surface area contributed by atoms with Gasteiger partial charge in [0.05, 0.1) is 17.3 Å². The monoisotopic (exact) mass is 293 g/mol. The smallest absolute Gasteiger partial charge is 0.347 e. The van der Waals surface area contributed by atoms with E-state index in [4.69, 9.17) is 5.11 Å². The normalized spacial score (nSPS) is 12.2. The Balaban J connectivity index is 2.14. The molecule has 106 valence electrons. The fraction of sp³-hybridized carbons (Fsp3) is 0.308. The highest BCUT2D eigenvalue weighted by Crippen LogP contribution is 2.23. The number of aromatic carboxylic acids is 1. The van der Waals surface area contributed by atoms with E-state index in [0.717, 1.165) is 16.9 Å². The van der Waals surface area contributed by atoms with E-state index in [1.807, 2.05) is 6.92 Å². The van der Waals surface area contributed by atoms with Crippen molar-refractivity contribution in [2.45, 2.75) is 26.8 Å². The third-order valence-electron chi connectivity index (χ3n) is 2.92. The first-order valence-electron chi connectivity index (χ1n) is 6.05. The minimum Gasteiger partial charge on any atom is -0.477 e. The van der Waals surface area contributed by atoms with E-state index in [1.54, 1.807) is 26.2 Å². The van der Waals surface area contributed by atoms with Gasteiger partial charge in [0, 0.05) is 12.4 Å². The second-order valence-corrected chi connectivity index (χ2v) is 5.55. The lowest BCUT2D eigenvalue weighted by Gasteiger charge is -2.10. The van der Waals surface area contributed by atoms with Crippen LogP contribution in [0.5, 0.6) is 0 Å². The van der Waals surface area contributed by atoms with E-state index < -0.39 is 5.97 Å². The number of carboxylic acid groups (broad SMARTS) is 1. The van der Waals surface area contributed by atoms with Crippen molar-refractivity contribution < 1.29 is 14.7 Å². The van der Waals surface area contributed by atoms with Gasteiger partial charge in [-0.15, -0.1) is 11.3 Å². The molecule has 0 saturated carbocycles. The zero-order chi connectivity index (χ0) is 14.9. The van der Waals surface area contributed by atoms with E-state index >= 15 is 0 Å². The van der Waals surface area contributed by atoms with Gasteiger partial charge in [0.1, 0.15) is 9.88 Å². The van der Waals surface area contributed by atoms with Crippen molar-refractivity contribution in [2.75, 3.05) is 0 Å². The van der Waals surface area contributed by atoms with Crippen molar-refractivity contribution in [3.8, 4) is 0 Å². The molecular formula is C13H15N3O3S. The van der Waals surface area contributed by atoms with Gasteiger partial charge in [-0.25, -0.2) is 9.78 Å². The molecule has 1 unspecified atom stereocenters. The Hall–Kier alpha value is -2.15. The summed E-state index contributed by atoms with van der Waals surface area (Å²) in [5.41, 5.74) is 1.90. The third kappa shape index (κ3) is 2.72. The summed E-state index contributed by atoms with van der Waals surface area (Å²) in [5, 5.41) is 12.4. The van der Waals surface area contributed by atoms with E-state index in [-0.39, 0.29) is 16.8 Å². The Labute approximate surface area is 119 Å². The molecule has 1 atom stereocenters. The van der Waals surface area contributed by atoms with Crippen LogP contribution in [0.25, 0.3) is 0 Å². The summed E-state index contributed by atoms with van der Waals surface area (Å²) in [6.07, 6.45) is 3.38. The topological polar surface area (TPSA) is 95.1 Å². The van der Waals surface area contributed by atoms with Gasteiger partial charge in [0.25, 0.3) is 5.91 Å². The molecule has 1 amide bonds. The van der Waals surface area contributed by atoms with Gasteiger partial charge in [-0.3, -0.25) is 4.79 Å². The lowest BCUT2D eigenvalue weighted by molar-refractivity contribution is 0.0701. The van der Waals surface area contributed by atoms with Crippen LogP contribution in [0.1, 0.15) is 49.3 Å². The Morgan fingerprint density at radius 3 is 2.60 bits per heavy atom. The number of nitrogens with one attached hydrogen (secondary N) is 2. The molecule has 0 aromatic carbocycles. The number of H-pyrrole nitrogens is 1. The molecule has 3 N–H and O–H groups in total. The number of hydrogen-bond donors (Lipinski definition) is 3. The van der Waals surface area contributed by atoms with Gasteiger partial charge in [-0.2, -0.15) is 0 Å². The van der Waals surface area contributed by atoms with Crippen LogP contribution in [0.4, 0.5) is 0 Å². The van der Waals surface area contributed by atoms with Crippen molar-refractivity contribution in [1.29, 1.82) is 0 Å². The minimum absolute atomic E-state index is 0.207. The summed E-state index contributed by atoms with van der Waals surface area (Å²) in [6, 6.07) is -0.339. The summed E-state index contributed by atoms with van der Waals surface area (Å²) in [7, 11) is 0. The van der Waals surface area contributed by atoms with Crippen LogP contribution in [0, 0.1) is 13.8 Å². The average molecular weight is 293 g/mol. The van der Waals surface area contributed by atoms with Crippen LogP contribution in [-0.2, 0) is 0 Å². The number of aromatic amines is 1. The Morgan fingerprint density at radius 2 is 2.10 bits per heavy atom. The zero-order valence-corrected chi connectivity index (χ0v) is 12.2. The summed E-state index contributed by atoms with van der Waals surface area (Å²) >= 11 is 1.09. The molecule has 0 aliphatic rings. The molecule has 0 saturated heterocycles. The second kappa shape index (κ2) is 5.46. The summed E-state index contributed by atoms with van der Waals surface area (Å²) < 4.78 is 0. The Bertz CT molecular complexity index is 660. The molecule has 2 aromatic heterocycles. The van der Waals surface area contributed by atoms with Crippen molar-refractivity contribution in [2.24, 2.45) is 0 Å². The number of nitrogens with zero attached hydrogens (tertiary/aromatic N) is 1. The SMILES string of the molecule is Cc1c[nH]cc1C(=O)NC(C)c1nc(C)c(C(=O)O)s1. The van der Waals surface area contributed by atoms with E-state index in [0.29, 0.717) is 16.3 Å². The van der Waals surface area contributed by atoms with E-state index in [9.17, 15) is 9.59 Å². The van der Waals surface area contributed by atoms with Gasteiger partial charge in [-0.05, 0) is 26.3 Å². The number of aryl methyl sites for hydroxylation is 2. The maximum Gasteiger partial charge on any atom is 0.347 e. The number of carboxylic acids is 1. The molecule has 0 radical (unpaired) electrons. The molecule has 0 aliphatic carbocycles. The average Bonchev–Trinajstić information content (AvgIpc) is 2.95. The molecule has 2 heterocycles. The second-order valence-electron chi connectivity index (χ2n) is 4.52. The number of thiazole rings is 1. The van der Waals surface area contributed by atoms with Gasteiger partial charge in [0.15, 0.2) is 0 Å². The number of aromatic nitrogens is 2. The molecule has 2 rings (SSSR count). The van der Waals surface area contributed by atoms with Crippen LogP contribution in [-0.4, -0.2) is 27.0 Å². The molecule has 20 heavy (non-hydrogen) atoms. The largest absolute Gasteiger partial charge is 0.477 e. The third-order valence-corrected chi connectivity index (χ3v) is 4.25. The molecule has 2 aromatic rings. The maximum absolute atomic E-state index is 12.1. The fourth-order valence-corrected chi connectivity index (χ4v) is 2.73. The standard InChI is InChI=1S/C13H15N3O3S/c1-6-4-14-5-9(6)11(17)15-8(3)12-16-7(2)10(20-12)13(18)19/h4-5,8,14H,1-3H3,(H,15,17)(H,18,19). The lowest BCUT2D eigenvalue weighted by Crippen LogP contribution is -2.26. The summed E-state index contributed by atoms with van der Waals surface area (Å²) in [4.78, 5) is 30.3. The lowest BCUT2D eigenvalue weighted by atomic mass is 10.2. The molecule has 0 aliphatic heterocycles. The molecule has 7 heteroatoms. The quantitative estimate of drug-likeness (QED) is 0.806. The highest BCUT2D eigenvalue weighted by atomic mass is 32.1.